The second-order valence-corrected chi connectivity index (χ2v) is 3.68. The molecule has 1 aromatic rings. The van der Waals surface area contributed by atoms with Crippen LogP contribution >= 0.6 is 0 Å². The van der Waals surface area contributed by atoms with E-state index in [4.69, 9.17) is 0 Å². The smallest absolute Gasteiger partial charge is 1.00 e. The van der Waals surface area contributed by atoms with Crippen LogP contribution in [0.25, 0.3) is 0 Å². The summed E-state index contributed by atoms with van der Waals surface area (Å²) in [4.78, 5) is 2.51. The van der Waals surface area contributed by atoms with Crippen molar-refractivity contribution in [3.63, 3.8) is 0 Å². The van der Waals surface area contributed by atoms with Crippen LogP contribution in [0.1, 0.15) is 32.3 Å². The Morgan fingerprint density at radius 3 is 2.00 bits per heavy atom. The average Bonchev–Trinajstić information content (AvgIpc) is 2.20. The van der Waals surface area contributed by atoms with Gasteiger partial charge in [-0.15, -0.1) is 5.56 Å². The molecule has 1 rings (SSSR count). The molecule has 0 aliphatic carbocycles. The summed E-state index contributed by atoms with van der Waals surface area (Å²) in [6.07, 6.45) is 2.47. The van der Waals surface area contributed by atoms with Gasteiger partial charge in [-0.1, -0.05) is 13.8 Å². The van der Waals surface area contributed by atoms with Crippen LogP contribution in [0.3, 0.4) is 0 Å². The van der Waals surface area contributed by atoms with Crippen molar-refractivity contribution in [1.29, 1.82) is 0 Å². The molecule has 3 heteroatoms. The maximum atomic E-state index is 3.05. The van der Waals surface area contributed by atoms with E-state index in [1.54, 1.807) is 0 Å². The monoisotopic (exact) mass is 293 g/mol. The molecule has 0 bridgehead atoms. The van der Waals surface area contributed by atoms with Gasteiger partial charge in [-0.2, -0.15) is 30.3 Å². The molecule has 0 saturated heterocycles. The van der Waals surface area contributed by atoms with Gasteiger partial charge in [0.1, 0.15) is 0 Å². The summed E-state index contributed by atoms with van der Waals surface area (Å²) >= 11 is 0. The largest absolute Gasteiger partial charge is 2.00 e. The maximum absolute atomic E-state index is 3.05. The van der Waals surface area contributed by atoms with Crippen LogP contribution in [0.5, 0.6) is 0 Å². The topological polar surface area (TPSA) is 3.24 Å². The van der Waals surface area contributed by atoms with E-state index in [1.807, 2.05) is 12.1 Å². The quantitative estimate of drug-likeness (QED) is 0.516. The van der Waals surface area contributed by atoms with Crippen molar-refractivity contribution in [2.24, 2.45) is 0 Å². The Morgan fingerprint density at radius 2 is 1.56 bits per heavy atom. The molecule has 1 nitrogen and oxygen atoms in total. The van der Waals surface area contributed by atoms with Gasteiger partial charge in [-0.05, 0) is 25.9 Å². The average molecular weight is 295 g/mol. The zero-order chi connectivity index (χ0) is 10.2. The normalized spacial score (nSPS) is 9.44. The van der Waals surface area contributed by atoms with Crippen LogP contribution in [0, 0.1) is 6.07 Å². The minimum Gasteiger partial charge on any atom is -1.00 e. The van der Waals surface area contributed by atoms with E-state index in [0.29, 0.717) is 0 Å². The van der Waals surface area contributed by atoms with E-state index >= 15 is 0 Å². The first kappa shape index (κ1) is 18.8. The molecule has 0 spiro atoms. The van der Waals surface area contributed by atoms with E-state index in [2.05, 4.69) is 36.9 Å². The molecular weight excluding hydrogens is 274 g/mol. The Bertz CT molecular complexity index is 235. The molecule has 0 saturated carbocycles. The third-order valence-corrected chi connectivity index (χ3v) is 2.27. The number of benzene rings is 1. The number of hydrogen-bond donors (Lipinski definition) is 0. The number of hydrogen-bond acceptors (Lipinski definition) is 1. The summed E-state index contributed by atoms with van der Waals surface area (Å²) in [5, 5.41) is 0. The fourth-order valence-corrected chi connectivity index (χ4v) is 1.69. The predicted molar refractivity (Wildman–Crippen MR) is 66.9 cm³/mol. The van der Waals surface area contributed by atoms with Crippen molar-refractivity contribution < 1.29 is 17.0 Å². The molecule has 0 heterocycles. The Labute approximate surface area is 127 Å². The van der Waals surface area contributed by atoms with Gasteiger partial charge >= 0.3 is 23.1 Å². The summed E-state index contributed by atoms with van der Waals surface area (Å²) in [5.41, 5.74) is 1.39. The SMILES string of the molecule is CCCN(CCC)Cc1cc[c-]cc1.[Br-].[Mg+2]. The Morgan fingerprint density at radius 1 is 1.06 bits per heavy atom. The van der Waals surface area contributed by atoms with Gasteiger partial charge in [-0.3, -0.25) is 0 Å². The zero-order valence-electron chi connectivity index (χ0n) is 10.4. The Balaban J connectivity index is 0. The number of rotatable bonds is 6. The first-order valence-electron chi connectivity index (χ1n) is 5.54. The van der Waals surface area contributed by atoms with Gasteiger partial charge in [0, 0.05) is 6.54 Å². The molecular formula is C13H20BrMgN. The first-order valence-corrected chi connectivity index (χ1v) is 5.54. The fraction of sp³-hybridized carbons (Fsp3) is 0.538. The van der Waals surface area contributed by atoms with Crippen LogP contribution < -0.4 is 17.0 Å². The molecule has 0 N–H and O–H groups in total. The van der Waals surface area contributed by atoms with Crippen molar-refractivity contribution in [3.8, 4) is 0 Å². The van der Waals surface area contributed by atoms with Crippen LogP contribution in [-0.2, 0) is 6.54 Å². The van der Waals surface area contributed by atoms with Crippen LogP contribution in [0.2, 0.25) is 0 Å². The van der Waals surface area contributed by atoms with Crippen LogP contribution in [0.15, 0.2) is 24.3 Å². The van der Waals surface area contributed by atoms with E-state index in [1.165, 1.54) is 31.5 Å². The molecule has 0 aliphatic rings. The van der Waals surface area contributed by atoms with Crippen molar-refractivity contribution in [3.05, 3.63) is 35.9 Å². The van der Waals surface area contributed by atoms with Crippen molar-refractivity contribution >= 4 is 23.1 Å². The summed E-state index contributed by atoms with van der Waals surface area (Å²) < 4.78 is 0. The van der Waals surface area contributed by atoms with Crippen molar-refractivity contribution in [2.45, 2.75) is 33.2 Å². The number of halogens is 1. The van der Waals surface area contributed by atoms with Gasteiger partial charge in [0.25, 0.3) is 0 Å². The first-order chi connectivity index (χ1) is 6.86. The second-order valence-electron chi connectivity index (χ2n) is 3.68. The Kier molecular flexibility index (Phi) is 14.0. The van der Waals surface area contributed by atoms with E-state index < -0.39 is 0 Å². The van der Waals surface area contributed by atoms with Crippen molar-refractivity contribution in [1.82, 2.24) is 4.90 Å². The predicted octanol–water partition coefficient (Wildman–Crippen LogP) is -0.268. The maximum Gasteiger partial charge on any atom is 2.00 e. The molecule has 1 aromatic carbocycles. The van der Waals surface area contributed by atoms with Gasteiger partial charge in [-0.25, -0.2) is 0 Å². The molecule has 0 radical (unpaired) electrons. The summed E-state index contributed by atoms with van der Waals surface area (Å²) in [6, 6.07) is 11.3. The fourth-order valence-electron chi connectivity index (χ4n) is 1.69. The summed E-state index contributed by atoms with van der Waals surface area (Å²) in [7, 11) is 0. The Hall–Kier alpha value is 0.426. The number of nitrogens with zero attached hydrogens (tertiary/aromatic N) is 1. The molecule has 0 fully saturated rings. The summed E-state index contributed by atoms with van der Waals surface area (Å²) in [5.74, 6) is 0. The van der Waals surface area contributed by atoms with Crippen molar-refractivity contribution in [2.75, 3.05) is 13.1 Å². The second kappa shape index (κ2) is 11.9. The molecule has 0 atom stereocenters. The van der Waals surface area contributed by atoms with Gasteiger partial charge in [0.15, 0.2) is 0 Å². The third kappa shape index (κ3) is 7.66. The van der Waals surface area contributed by atoms with E-state index in [0.717, 1.165) is 6.54 Å². The minimum absolute atomic E-state index is 0. The molecule has 0 aromatic heterocycles. The standard InChI is InChI=1S/C13H20N.BrH.Mg/c1-3-10-14(11-4-2)12-13-8-6-5-7-9-13;;/h6-9H,3-4,10-12H2,1-2H3;1H;/q-1;;+2/p-1. The molecule has 16 heavy (non-hydrogen) atoms. The van der Waals surface area contributed by atoms with E-state index in [-0.39, 0.29) is 40.0 Å². The molecule has 86 valence electrons. The van der Waals surface area contributed by atoms with Gasteiger partial charge in [0.05, 0.1) is 0 Å². The molecule has 0 unspecified atom stereocenters. The van der Waals surface area contributed by atoms with E-state index in [9.17, 15) is 0 Å². The molecule has 0 aliphatic heterocycles. The van der Waals surface area contributed by atoms with Crippen LogP contribution in [-0.4, -0.2) is 41.0 Å². The van der Waals surface area contributed by atoms with Gasteiger partial charge < -0.3 is 21.9 Å². The molecule has 0 amide bonds. The summed E-state index contributed by atoms with van der Waals surface area (Å²) in [6.45, 7) is 7.96. The van der Waals surface area contributed by atoms with Crippen LogP contribution in [0.4, 0.5) is 0 Å². The third-order valence-electron chi connectivity index (χ3n) is 2.27. The minimum atomic E-state index is 0. The van der Waals surface area contributed by atoms with Gasteiger partial charge in [0.2, 0.25) is 0 Å². The zero-order valence-corrected chi connectivity index (χ0v) is 13.4.